The van der Waals surface area contributed by atoms with E-state index >= 15 is 0 Å². The molecule has 0 aromatic heterocycles. The Labute approximate surface area is 100 Å². The van der Waals surface area contributed by atoms with Gasteiger partial charge in [-0.2, -0.15) is 0 Å². The van der Waals surface area contributed by atoms with Crippen LogP contribution in [-0.4, -0.2) is 0 Å². The molecule has 1 rings (SSSR count). The lowest BCUT2D eigenvalue weighted by Crippen LogP contribution is -2.00. The van der Waals surface area contributed by atoms with Gasteiger partial charge in [-0.3, -0.25) is 0 Å². The third-order valence-corrected chi connectivity index (χ3v) is 2.94. The SMILES string of the molecule is CCC#CCC(C)c1c(C)cc(C)cc1C. The largest absolute Gasteiger partial charge is 0.104 e. The first-order valence-electron chi connectivity index (χ1n) is 6.09. The van der Waals surface area contributed by atoms with E-state index in [9.17, 15) is 0 Å². The Hall–Kier alpha value is -1.22. The molecule has 0 bridgehead atoms. The molecule has 16 heavy (non-hydrogen) atoms. The maximum atomic E-state index is 3.25. The van der Waals surface area contributed by atoms with Crippen molar-refractivity contribution >= 4 is 0 Å². The fourth-order valence-electron chi connectivity index (χ4n) is 2.42. The molecule has 0 aliphatic heterocycles. The normalized spacial score (nSPS) is 11.8. The van der Waals surface area contributed by atoms with Gasteiger partial charge in [0, 0.05) is 12.8 Å². The van der Waals surface area contributed by atoms with E-state index in [0.717, 1.165) is 12.8 Å². The monoisotopic (exact) mass is 214 g/mol. The molecule has 0 heterocycles. The lowest BCUT2D eigenvalue weighted by molar-refractivity contribution is 0.779. The highest BCUT2D eigenvalue weighted by molar-refractivity contribution is 5.40. The molecule has 1 aromatic carbocycles. The lowest BCUT2D eigenvalue weighted by Gasteiger charge is -2.16. The average molecular weight is 214 g/mol. The summed E-state index contributed by atoms with van der Waals surface area (Å²) in [7, 11) is 0. The Morgan fingerprint density at radius 1 is 1.06 bits per heavy atom. The molecule has 0 spiro atoms. The topological polar surface area (TPSA) is 0 Å². The lowest BCUT2D eigenvalue weighted by atomic mass is 9.89. The van der Waals surface area contributed by atoms with Gasteiger partial charge in [-0.25, -0.2) is 0 Å². The summed E-state index contributed by atoms with van der Waals surface area (Å²) >= 11 is 0. The quantitative estimate of drug-likeness (QED) is 0.635. The van der Waals surface area contributed by atoms with Gasteiger partial charge in [-0.05, 0) is 43.4 Å². The van der Waals surface area contributed by atoms with Gasteiger partial charge in [0.2, 0.25) is 0 Å². The minimum absolute atomic E-state index is 0.541. The van der Waals surface area contributed by atoms with Crippen LogP contribution >= 0.6 is 0 Å². The average Bonchev–Trinajstić information content (AvgIpc) is 2.16. The zero-order valence-electron chi connectivity index (χ0n) is 11.1. The second-order valence-corrected chi connectivity index (χ2v) is 4.62. The molecule has 0 fully saturated rings. The minimum atomic E-state index is 0.541. The minimum Gasteiger partial charge on any atom is -0.104 e. The molecule has 1 aromatic rings. The van der Waals surface area contributed by atoms with Crippen molar-refractivity contribution in [2.24, 2.45) is 0 Å². The highest BCUT2D eigenvalue weighted by Crippen LogP contribution is 2.26. The van der Waals surface area contributed by atoms with Crippen LogP contribution in [0.25, 0.3) is 0 Å². The van der Waals surface area contributed by atoms with Crippen molar-refractivity contribution in [3.8, 4) is 11.8 Å². The van der Waals surface area contributed by atoms with E-state index in [2.05, 4.69) is 58.6 Å². The first-order chi connectivity index (χ1) is 7.56. The summed E-state index contributed by atoms with van der Waals surface area (Å²) < 4.78 is 0. The van der Waals surface area contributed by atoms with E-state index in [-0.39, 0.29) is 0 Å². The second-order valence-electron chi connectivity index (χ2n) is 4.62. The van der Waals surface area contributed by atoms with E-state index in [1.54, 1.807) is 0 Å². The molecule has 0 aliphatic carbocycles. The highest BCUT2D eigenvalue weighted by Gasteiger charge is 2.10. The van der Waals surface area contributed by atoms with E-state index < -0.39 is 0 Å². The molecular formula is C16H22. The van der Waals surface area contributed by atoms with Gasteiger partial charge in [0.05, 0.1) is 0 Å². The summed E-state index contributed by atoms with van der Waals surface area (Å²) in [6, 6.07) is 4.54. The van der Waals surface area contributed by atoms with Crippen LogP contribution in [0.3, 0.4) is 0 Å². The third kappa shape index (κ3) is 3.14. The number of benzene rings is 1. The van der Waals surface area contributed by atoms with Crippen LogP contribution in [0.1, 0.15) is 54.9 Å². The molecule has 86 valence electrons. The Morgan fingerprint density at radius 3 is 2.12 bits per heavy atom. The van der Waals surface area contributed by atoms with E-state index in [0.29, 0.717) is 5.92 Å². The number of hydrogen-bond donors (Lipinski definition) is 0. The van der Waals surface area contributed by atoms with Gasteiger partial charge < -0.3 is 0 Å². The van der Waals surface area contributed by atoms with Crippen LogP contribution in [-0.2, 0) is 0 Å². The predicted octanol–water partition coefficient (Wildman–Crippen LogP) is 4.52. The Bertz CT molecular complexity index is 392. The van der Waals surface area contributed by atoms with Gasteiger partial charge in [0.25, 0.3) is 0 Å². The molecule has 0 radical (unpaired) electrons. The van der Waals surface area contributed by atoms with E-state index in [4.69, 9.17) is 0 Å². The number of rotatable bonds is 2. The first kappa shape index (κ1) is 12.8. The fourth-order valence-corrected chi connectivity index (χ4v) is 2.42. The standard InChI is InChI=1S/C16H22/c1-6-7-8-9-13(3)16-14(4)10-12(2)11-15(16)5/h10-11,13H,6,9H2,1-5H3. The van der Waals surface area contributed by atoms with Gasteiger partial charge in [0.15, 0.2) is 0 Å². The van der Waals surface area contributed by atoms with Crippen molar-refractivity contribution in [1.29, 1.82) is 0 Å². The summed E-state index contributed by atoms with van der Waals surface area (Å²) in [6.07, 6.45) is 1.93. The fraction of sp³-hybridized carbons (Fsp3) is 0.500. The third-order valence-electron chi connectivity index (χ3n) is 2.94. The van der Waals surface area contributed by atoms with E-state index in [1.807, 2.05) is 0 Å². The van der Waals surface area contributed by atoms with Crippen molar-refractivity contribution in [2.45, 2.75) is 53.4 Å². The summed E-state index contributed by atoms with van der Waals surface area (Å²) in [5.74, 6) is 6.94. The van der Waals surface area contributed by atoms with Crippen molar-refractivity contribution in [3.05, 3.63) is 34.4 Å². The number of hydrogen-bond acceptors (Lipinski definition) is 0. The highest BCUT2D eigenvalue weighted by atomic mass is 14.1. The first-order valence-corrected chi connectivity index (χ1v) is 6.09. The Balaban J connectivity index is 2.95. The molecule has 0 heteroatoms. The van der Waals surface area contributed by atoms with Crippen molar-refractivity contribution in [2.75, 3.05) is 0 Å². The summed E-state index contributed by atoms with van der Waals surface area (Å²) in [5.41, 5.74) is 5.65. The molecule has 1 unspecified atom stereocenters. The van der Waals surface area contributed by atoms with Gasteiger partial charge >= 0.3 is 0 Å². The summed E-state index contributed by atoms with van der Waals surface area (Å²) in [4.78, 5) is 0. The maximum absolute atomic E-state index is 3.25. The maximum Gasteiger partial charge on any atom is 0.0155 e. The molecule has 0 nitrogen and oxygen atoms in total. The van der Waals surface area contributed by atoms with Crippen LogP contribution in [0.5, 0.6) is 0 Å². The predicted molar refractivity (Wildman–Crippen MR) is 71.8 cm³/mol. The van der Waals surface area contributed by atoms with Crippen LogP contribution < -0.4 is 0 Å². The Morgan fingerprint density at radius 2 is 1.62 bits per heavy atom. The van der Waals surface area contributed by atoms with Crippen molar-refractivity contribution in [1.82, 2.24) is 0 Å². The molecule has 0 saturated heterocycles. The van der Waals surface area contributed by atoms with Gasteiger partial charge in [-0.1, -0.05) is 31.5 Å². The zero-order chi connectivity index (χ0) is 12.1. The smallest absolute Gasteiger partial charge is 0.0155 e. The van der Waals surface area contributed by atoms with Crippen molar-refractivity contribution < 1.29 is 0 Å². The van der Waals surface area contributed by atoms with Gasteiger partial charge in [-0.15, -0.1) is 11.8 Å². The summed E-state index contributed by atoms with van der Waals surface area (Å²) in [5, 5.41) is 0. The molecule has 1 atom stereocenters. The van der Waals surface area contributed by atoms with Crippen LogP contribution in [0, 0.1) is 32.6 Å². The molecular weight excluding hydrogens is 192 g/mol. The molecule has 0 N–H and O–H groups in total. The van der Waals surface area contributed by atoms with Crippen LogP contribution in [0.2, 0.25) is 0 Å². The zero-order valence-corrected chi connectivity index (χ0v) is 11.1. The molecule has 0 aliphatic rings. The van der Waals surface area contributed by atoms with Crippen LogP contribution in [0.15, 0.2) is 12.1 Å². The summed E-state index contributed by atoms with van der Waals surface area (Å²) in [6.45, 7) is 10.9. The molecule has 0 saturated carbocycles. The Kier molecular flexibility index (Phi) is 4.62. The van der Waals surface area contributed by atoms with Gasteiger partial charge in [0.1, 0.15) is 0 Å². The molecule has 0 amide bonds. The van der Waals surface area contributed by atoms with E-state index in [1.165, 1.54) is 22.3 Å². The second kappa shape index (κ2) is 5.75. The van der Waals surface area contributed by atoms with Crippen LogP contribution in [0.4, 0.5) is 0 Å². The van der Waals surface area contributed by atoms with Crippen molar-refractivity contribution in [3.63, 3.8) is 0 Å². The number of aryl methyl sites for hydroxylation is 3.